The predicted octanol–water partition coefficient (Wildman–Crippen LogP) is 4.99. The van der Waals surface area contributed by atoms with E-state index in [1.807, 2.05) is 12.3 Å². The smallest absolute Gasteiger partial charge is 0.226 e. The number of benzene rings is 1. The summed E-state index contributed by atoms with van der Waals surface area (Å²) in [7, 11) is 0. The van der Waals surface area contributed by atoms with E-state index in [1.54, 1.807) is 6.20 Å². The van der Waals surface area contributed by atoms with E-state index >= 15 is 0 Å². The fourth-order valence-electron chi connectivity index (χ4n) is 4.89. The summed E-state index contributed by atoms with van der Waals surface area (Å²) in [4.78, 5) is 22.3. The highest BCUT2D eigenvalue weighted by Gasteiger charge is 2.28. The molecule has 0 radical (unpaired) electrons. The van der Waals surface area contributed by atoms with Gasteiger partial charge < -0.3 is 4.90 Å². The van der Waals surface area contributed by atoms with Gasteiger partial charge in [0.25, 0.3) is 0 Å². The standard InChI is InChI=1S/C27H35N3O/c1-22-8-5-6-12-26(22)21-29-16-13-23(14-17-29)19-30(20-24-9-7-15-28-18-24)27(31)25-10-3-2-4-11-25/h2-3,5-9,12,15,18,23,25H,4,10-11,13-14,16-17,19-21H2,1H3/t25-/m0/s1. The molecule has 0 saturated carbocycles. The van der Waals surface area contributed by atoms with Crippen LogP contribution in [0.15, 0.2) is 60.9 Å². The first-order valence-corrected chi connectivity index (χ1v) is 11.8. The Labute approximate surface area is 187 Å². The topological polar surface area (TPSA) is 36.4 Å². The van der Waals surface area contributed by atoms with Gasteiger partial charge in [-0.3, -0.25) is 14.7 Å². The third-order valence-electron chi connectivity index (χ3n) is 6.87. The van der Waals surface area contributed by atoms with E-state index in [1.165, 1.54) is 11.1 Å². The molecule has 1 aromatic carbocycles. The van der Waals surface area contributed by atoms with Crippen molar-refractivity contribution in [1.82, 2.24) is 14.8 Å². The van der Waals surface area contributed by atoms with Crippen LogP contribution in [-0.4, -0.2) is 40.3 Å². The minimum atomic E-state index is 0.141. The molecule has 2 aliphatic rings. The molecule has 1 aromatic heterocycles. The molecule has 4 rings (SSSR count). The number of aromatic nitrogens is 1. The zero-order valence-corrected chi connectivity index (χ0v) is 18.7. The number of hydrogen-bond acceptors (Lipinski definition) is 3. The molecule has 1 aliphatic heterocycles. The minimum Gasteiger partial charge on any atom is -0.338 e. The average Bonchev–Trinajstić information content (AvgIpc) is 2.82. The normalized spacial score (nSPS) is 20.0. The summed E-state index contributed by atoms with van der Waals surface area (Å²) in [5.41, 5.74) is 3.93. The van der Waals surface area contributed by atoms with Crippen LogP contribution in [0.4, 0.5) is 0 Å². The largest absolute Gasteiger partial charge is 0.338 e. The molecule has 1 amide bonds. The molecule has 2 aromatic rings. The van der Waals surface area contributed by atoms with E-state index in [-0.39, 0.29) is 5.92 Å². The molecule has 4 nitrogen and oxygen atoms in total. The molecule has 164 valence electrons. The number of allylic oxidation sites excluding steroid dienone is 2. The number of piperidine rings is 1. The van der Waals surface area contributed by atoms with E-state index in [0.29, 0.717) is 18.4 Å². The molecule has 0 bridgehead atoms. The van der Waals surface area contributed by atoms with Crippen LogP contribution in [0.25, 0.3) is 0 Å². The molecule has 0 unspecified atom stereocenters. The Balaban J connectivity index is 1.36. The van der Waals surface area contributed by atoms with Crippen molar-refractivity contribution >= 4 is 5.91 Å². The summed E-state index contributed by atoms with van der Waals surface area (Å²) in [6, 6.07) is 12.7. The van der Waals surface area contributed by atoms with Crippen molar-refractivity contribution in [2.75, 3.05) is 19.6 Å². The van der Waals surface area contributed by atoms with E-state index < -0.39 is 0 Å². The van der Waals surface area contributed by atoms with E-state index in [0.717, 1.165) is 63.8 Å². The fourth-order valence-corrected chi connectivity index (χ4v) is 4.89. The number of aryl methyl sites for hydroxylation is 1. The number of amides is 1. The Morgan fingerprint density at radius 2 is 1.94 bits per heavy atom. The van der Waals surface area contributed by atoms with Crippen LogP contribution < -0.4 is 0 Å². The van der Waals surface area contributed by atoms with Crippen LogP contribution in [0.1, 0.15) is 48.8 Å². The summed E-state index contributed by atoms with van der Waals surface area (Å²) in [6.07, 6.45) is 13.3. The molecular formula is C27H35N3O. The Bertz CT molecular complexity index is 871. The maximum absolute atomic E-state index is 13.4. The molecule has 1 atom stereocenters. The average molecular weight is 418 g/mol. The van der Waals surface area contributed by atoms with Crippen molar-refractivity contribution in [3.8, 4) is 0 Å². The Morgan fingerprint density at radius 3 is 2.65 bits per heavy atom. The van der Waals surface area contributed by atoms with Gasteiger partial charge in [-0.15, -0.1) is 0 Å². The summed E-state index contributed by atoms with van der Waals surface area (Å²) in [5.74, 6) is 1.05. The second kappa shape index (κ2) is 10.7. The number of pyridine rings is 1. The SMILES string of the molecule is Cc1ccccc1CN1CCC(CN(Cc2cccnc2)C(=O)[C@H]2CC=CCC2)CC1. The van der Waals surface area contributed by atoms with Crippen LogP contribution in [0.2, 0.25) is 0 Å². The number of rotatable bonds is 7. The van der Waals surface area contributed by atoms with Crippen LogP contribution in [0, 0.1) is 18.8 Å². The maximum atomic E-state index is 13.4. The van der Waals surface area contributed by atoms with Gasteiger partial charge in [0, 0.05) is 37.9 Å². The van der Waals surface area contributed by atoms with Crippen LogP contribution in [0.3, 0.4) is 0 Å². The van der Waals surface area contributed by atoms with Crippen molar-refractivity contribution in [2.45, 2.75) is 52.1 Å². The van der Waals surface area contributed by atoms with Gasteiger partial charge in [-0.05, 0) is 80.8 Å². The summed E-state index contributed by atoms with van der Waals surface area (Å²) in [6.45, 7) is 7.00. The van der Waals surface area contributed by atoms with Gasteiger partial charge in [0.1, 0.15) is 0 Å². The van der Waals surface area contributed by atoms with Crippen molar-refractivity contribution in [3.63, 3.8) is 0 Å². The summed E-state index contributed by atoms with van der Waals surface area (Å²) < 4.78 is 0. The molecular weight excluding hydrogens is 382 g/mol. The van der Waals surface area contributed by atoms with Gasteiger partial charge in [0.05, 0.1) is 0 Å². The van der Waals surface area contributed by atoms with Crippen molar-refractivity contribution in [3.05, 3.63) is 77.6 Å². The second-order valence-corrected chi connectivity index (χ2v) is 9.21. The van der Waals surface area contributed by atoms with Gasteiger partial charge in [-0.1, -0.05) is 42.5 Å². The molecule has 0 N–H and O–H groups in total. The molecule has 4 heteroatoms. The minimum absolute atomic E-state index is 0.141. The zero-order valence-electron chi connectivity index (χ0n) is 18.7. The number of nitrogens with zero attached hydrogens (tertiary/aromatic N) is 3. The lowest BCUT2D eigenvalue weighted by atomic mass is 9.91. The highest BCUT2D eigenvalue weighted by Crippen LogP contribution is 2.25. The number of carbonyl (C=O) groups is 1. The second-order valence-electron chi connectivity index (χ2n) is 9.21. The Morgan fingerprint density at radius 1 is 1.10 bits per heavy atom. The maximum Gasteiger partial charge on any atom is 0.226 e. The van der Waals surface area contributed by atoms with E-state index in [2.05, 4.69) is 64.2 Å². The van der Waals surface area contributed by atoms with E-state index in [4.69, 9.17) is 0 Å². The van der Waals surface area contributed by atoms with Crippen LogP contribution in [-0.2, 0) is 17.9 Å². The summed E-state index contributed by atoms with van der Waals surface area (Å²) in [5, 5.41) is 0. The molecule has 0 spiro atoms. The van der Waals surface area contributed by atoms with Crippen molar-refractivity contribution in [2.24, 2.45) is 11.8 Å². The van der Waals surface area contributed by atoms with Gasteiger partial charge in [-0.2, -0.15) is 0 Å². The molecule has 2 heterocycles. The third-order valence-corrected chi connectivity index (χ3v) is 6.87. The van der Waals surface area contributed by atoms with E-state index in [9.17, 15) is 4.79 Å². The zero-order chi connectivity index (χ0) is 21.5. The lowest BCUT2D eigenvalue weighted by molar-refractivity contribution is -0.137. The first-order valence-electron chi connectivity index (χ1n) is 11.8. The highest BCUT2D eigenvalue weighted by molar-refractivity contribution is 5.79. The molecule has 1 fully saturated rings. The highest BCUT2D eigenvalue weighted by atomic mass is 16.2. The van der Waals surface area contributed by atoms with Gasteiger partial charge >= 0.3 is 0 Å². The van der Waals surface area contributed by atoms with Gasteiger partial charge in [0.2, 0.25) is 5.91 Å². The number of likely N-dealkylation sites (tertiary alicyclic amines) is 1. The van der Waals surface area contributed by atoms with Gasteiger partial charge in [0.15, 0.2) is 0 Å². The lowest BCUT2D eigenvalue weighted by Crippen LogP contribution is -2.42. The Kier molecular flexibility index (Phi) is 7.52. The monoisotopic (exact) mass is 417 g/mol. The lowest BCUT2D eigenvalue weighted by Gasteiger charge is -2.36. The van der Waals surface area contributed by atoms with Crippen LogP contribution >= 0.6 is 0 Å². The number of hydrogen-bond donors (Lipinski definition) is 0. The van der Waals surface area contributed by atoms with Crippen LogP contribution in [0.5, 0.6) is 0 Å². The first kappa shape index (κ1) is 21.8. The third kappa shape index (κ3) is 6.04. The van der Waals surface area contributed by atoms with Gasteiger partial charge in [-0.25, -0.2) is 0 Å². The quantitative estimate of drug-likeness (QED) is 0.596. The predicted molar refractivity (Wildman–Crippen MR) is 125 cm³/mol. The van der Waals surface area contributed by atoms with Crippen molar-refractivity contribution < 1.29 is 4.79 Å². The first-order chi connectivity index (χ1) is 15.2. The fraction of sp³-hybridized carbons (Fsp3) is 0.481. The molecule has 1 aliphatic carbocycles. The van der Waals surface area contributed by atoms with Crippen molar-refractivity contribution in [1.29, 1.82) is 0 Å². The molecule has 1 saturated heterocycles. The Hall–Kier alpha value is -2.46. The molecule has 31 heavy (non-hydrogen) atoms. The number of carbonyl (C=O) groups excluding carboxylic acids is 1. The summed E-state index contributed by atoms with van der Waals surface area (Å²) >= 11 is 0.